The lowest BCUT2D eigenvalue weighted by molar-refractivity contribution is -0.127. The van der Waals surface area contributed by atoms with E-state index in [1.165, 1.54) is 6.26 Å². The molecule has 1 atom stereocenters. The van der Waals surface area contributed by atoms with E-state index in [4.69, 9.17) is 20.8 Å². The van der Waals surface area contributed by atoms with Gasteiger partial charge in [0.1, 0.15) is 5.75 Å². The van der Waals surface area contributed by atoms with Crippen LogP contribution in [0.1, 0.15) is 21.7 Å². The molecule has 1 aliphatic rings. The van der Waals surface area contributed by atoms with E-state index < -0.39 is 6.10 Å². The van der Waals surface area contributed by atoms with Crippen molar-refractivity contribution in [1.82, 2.24) is 5.32 Å². The van der Waals surface area contributed by atoms with Gasteiger partial charge in [0.25, 0.3) is 11.8 Å². The monoisotopic (exact) mass is 396 g/mol. The molecule has 4 rings (SSSR count). The number of carbonyl (C=O) groups excluding carboxylic acids is 2. The maximum Gasteiger partial charge on any atom is 0.291 e. The van der Waals surface area contributed by atoms with Crippen LogP contribution in [-0.2, 0) is 17.8 Å². The molecule has 7 heteroatoms. The van der Waals surface area contributed by atoms with Crippen molar-refractivity contribution in [2.24, 2.45) is 0 Å². The van der Waals surface area contributed by atoms with Crippen LogP contribution in [0.2, 0.25) is 5.02 Å². The molecule has 2 amide bonds. The first-order valence-electron chi connectivity index (χ1n) is 8.75. The second-order valence-corrected chi connectivity index (χ2v) is 6.85. The molecule has 0 radical (unpaired) electrons. The van der Waals surface area contributed by atoms with Crippen LogP contribution in [0.5, 0.6) is 5.75 Å². The van der Waals surface area contributed by atoms with Gasteiger partial charge in [0.05, 0.1) is 6.26 Å². The predicted molar refractivity (Wildman–Crippen MR) is 105 cm³/mol. The van der Waals surface area contributed by atoms with Crippen LogP contribution in [0, 0.1) is 0 Å². The molecule has 0 fully saturated rings. The van der Waals surface area contributed by atoms with Crippen molar-refractivity contribution >= 4 is 29.1 Å². The van der Waals surface area contributed by atoms with E-state index in [1.807, 2.05) is 18.2 Å². The number of rotatable bonds is 5. The summed E-state index contributed by atoms with van der Waals surface area (Å²) >= 11 is 5.98. The molecular formula is C21H17ClN2O4. The number of nitrogens with one attached hydrogen (secondary N) is 2. The summed E-state index contributed by atoms with van der Waals surface area (Å²) in [7, 11) is 0. The van der Waals surface area contributed by atoms with Crippen LogP contribution >= 0.6 is 11.6 Å². The van der Waals surface area contributed by atoms with Crippen LogP contribution in [0.4, 0.5) is 5.69 Å². The molecule has 1 aliphatic heterocycles. The molecule has 0 bridgehead atoms. The summed E-state index contributed by atoms with van der Waals surface area (Å²) in [5, 5.41) is 6.25. The number of furan rings is 1. The van der Waals surface area contributed by atoms with Gasteiger partial charge in [-0.05, 0) is 53.6 Å². The zero-order valence-corrected chi connectivity index (χ0v) is 15.5. The van der Waals surface area contributed by atoms with Crippen molar-refractivity contribution < 1.29 is 18.7 Å². The Morgan fingerprint density at radius 3 is 2.68 bits per heavy atom. The molecule has 1 aromatic heterocycles. The summed E-state index contributed by atoms with van der Waals surface area (Å²) in [6, 6.07) is 15.8. The van der Waals surface area contributed by atoms with Gasteiger partial charge in [-0.3, -0.25) is 9.59 Å². The molecular weight excluding hydrogens is 380 g/mol. The zero-order valence-electron chi connectivity index (χ0n) is 14.8. The molecule has 0 aliphatic carbocycles. The Kier molecular flexibility index (Phi) is 5.04. The van der Waals surface area contributed by atoms with E-state index in [1.54, 1.807) is 36.4 Å². The van der Waals surface area contributed by atoms with Crippen molar-refractivity contribution in [2.75, 3.05) is 5.32 Å². The topological polar surface area (TPSA) is 80.6 Å². The molecule has 6 nitrogen and oxygen atoms in total. The Labute approximate surface area is 166 Å². The summed E-state index contributed by atoms with van der Waals surface area (Å²) in [6.07, 6.45) is 1.39. The third-order valence-electron chi connectivity index (χ3n) is 4.41. The van der Waals surface area contributed by atoms with Gasteiger partial charge in [0, 0.05) is 23.7 Å². The SMILES string of the molecule is O=C(Nc1ccc(CNC(=O)[C@H]2Cc3cc(Cl)ccc3O2)cc1)c1ccco1. The van der Waals surface area contributed by atoms with E-state index in [0.29, 0.717) is 29.4 Å². The minimum atomic E-state index is -0.555. The maximum atomic E-state index is 12.4. The normalized spacial score (nSPS) is 14.8. The fraction of sp³-hybridized carbons (Fsp3) is 0.143. The summed E-state index contributed by atoms with van der Waals surface area (Å²) in [5.74, 6) is 0.447. The third-order valence-corrected chi connectivity index (χ3v) is 4.65. The predicted octanol–water partition coefficient (Wildman–Crippen LogP) is 3.81. The first-order chi connectivity index (χ1) is 13.6. The Bertz CT molecular complexity index is 1000. The molecule has 142 valence electrons. The summed E-state index contributed by atoms with van der Waals surface area (Å²) in [5.41, 5.74) is 2.48. The van der Waals surface area contributed by atoms with Gasteiger partial charge in [-0.2, -0.15) is 0 Å². The highest BCUT2D eigenvalue weighted by molar-refractivity contribution is 6.30. The minimum absolute atomic E-state index is 0.178. The van der Waals surface area contributed by atoms with E-state index in [0.717, 1.165) is 11.1 Å². The highest BCUT2D eigenvalue weighted by atomic mass is 35.5. The quantitative estimate of drug-likeness (QED) is 0.687. The van der Waals surface area contributed by atoms with E-state index in [9.17, 15) is 9.59 Å². The van der Waals surface area contributed by atoms with Crippen LogP contribution in [-0.4, -0.2) is 17.9 Å². The Morgan fingerprint density at radius 1 is 1.11 bits per heavy atom. The molecule has 0 unspecified atom stereocenters. The van der Waals surface area contributed by atoms with Gasteiger partial charge in [-0.1, -0.05) is 23.7 Å². The lowest BCUT2D eigenvalue weighted by Crippen LogP contribution is -2.37. The van der Waals surface area contributed by atoms with Gasteiger partial charge in [0.2, 0.25) is 0 Å². The van der Waals surface area contributed by atoms with E-state index in [-0.39, 0.29) is 17.6 Å². The first kappa shape index (κ1) is 18.1. The number of amides is 2. The number of hydrogen-bond acceptors (Lipinski definition) is 4. The number of fused-ring (bicyclic) bond motifs is 1. The van der Waals surface area contributed by atoms with Crippen molar-refractivity contribution in [3.8, 4) is 5.75 Å². The molecule has 0 saturated carbocycles. The Hall–Kier alpha value is -3.25. The first-order valence-corrected chi connectivity index (χ1v) is 9.13. The number of hydrogen-bond donors (Lipinski definition) is 2. The van der Waals surface area contributed by atoms with E-state index >= 15 is 0 Å². The number of halogens is 1. The summed E-state index contributed by atoms with van der Waals surface area (Å²) in [4.78, 5) is 24.3. The molecule has 0 saturated heterocycles. The lowest BCUT2D eigenvalue weighted by atomic mass is 10.1. The fourth-order valence-corrected chi connectivity index (χ4v) is 3.17. The largest absolute Gasteiger partial charge is 0.480 e. The number of ether oxygens (including phenoxy) is 1. The third kappa shape index (κ3) is 4.02. The molecule has 3 aromatic rings. The standard InChI is InChI=1S/C21H17ClN2O4/c22-15-5-8-17-14(10-15)11-19(28-17)20(25)23-12-13-3-6-16(7-4-13)24-21(26)18-2-1-9-27-18/h1-10,19H,11-12H2,(H,23,25)(H,24,26)/t19-/m1/s1. The van der Waals surface area contributed by atoms with Crippen molar-refractivity contribution in [1.29, 1.82) is 0 Å². The summed E-state index contributed by atoms with van der Waals surface area (Å²) < 4.78 is 10.7. The van der Waals surface area contributed by atoms with Crippen LogP contribution in [0.3, 0.4) is 0 Å². The smallest absolute Gasteiger partial charge is 0.291 e. The second-order valence-electron chi connectivity index (χ2n) is 6.41. The van der Waals surface area contributed by atoms with Gasteiger partial charge < -0.3 is 19.8 Å². The van der Waals surface area contributed by atoms with E-state index in [2.05, 4.69) is 10.6 Å². The number of benzene rings is 2. The molecule has 2 aromatic carbocycles. The number of carbonyl (C=O) groups is 2. The van der Waals surface area contributed by atoms with Crippen LogP contribution in [0.25, 0.3) is 0 Å². The van der Waals surface area contributed by atoms with Crippen LogP contribution in [0.15, 0.2) is 65.3 Å². The van der Waals surface area contributed by atoms with Gasteiger partial charge in [-0.15, -0.1) is 0 Å². The van der Waals surface area contributed by atoms with Crippen molar-refractivity contribution in [3.63, 3.8) is 0 Å². The molecule has 2 N–H and O–H groups in total. The van der Waals surface area contributed by atoms with Crippen molar-refractivity contribution in [2.45, 2.75) is 19.1 Å². The lowest BCUT2D eigenvalue weighted by Gasteiger charge is -2.12. The van der Waals surface area contributed by atoms with Gasteiger partial charge in [-0.25, -0.2) is 0 Å². The van der Waals surface area contributed by atoms with Gasteiger partial charge >= 0.3 is 0 Å². The second kappa shape index (κ2) is 7.78. The highest BCUT2D eigenvalue weighted by Crippen LogP contribution is 2.31. The average molecular weight is 397 g/mol. The summed E-state index contributed by atoms with van der Waals surface area (Å²) in [6.45, 7) is 0.363. The fourth-order valence-electron chi connectivity index (χ4n) is 2.97. The number of anilines is 1. The average Bonchev–Trinajstić information content (AvgIpc) is 3.36. The molecule has 2 heterocycles. The zero-order chi connectivity index (χ0) is 19.5. The molecule has 28 heavy (non-hydrogen) atoms. The molecule has 0 spiro atoms. The minimum Gasteiger partial charge on any atom is -0.480 e. The van der Waals surface area contributed by atoms with Crippen LogP contribution < -0.4 is 15.4 Å². The Balaban J connectivity index is 1.29. The maximum absolute atomic E-state index is 12.4. The van der Waals surface area contributed by atoms with Crippen molar-refractivity contribution in [3.05, 3.63) is 82.8 Å². The highest BCUT2D eigenvalue weighted by Gasteiger charge is 2.28. The Morgan fingerprint density at radius 2 is 1.93 bits per heavy atom. The van der Waals surface area contributed by atoms with Gasteiger partial charge in [0.15, 0.2) is 11.9 Å².